The summed E-state index contributed by atoms with van der Waals surface area (Å²) in [6.45, 7) is 2.34. The summed E-state index contributed by atoms with van der Waals surface area (Å²) < 4.78 is 26.5. The SMILES string of the molecule is CNC1CCCN(Cc2cc(F)ccc2F)C1.Cl. The lowest BCUT2D eigenvalue weighted by molar-refractivity contribution is 0.186. The van der Waals surface area contributed by atoms with Crippen LogP contribution in [-0.2, 0) is 6.54 Å². The van der Waals surface area contributed by atoms with E-state index in [4.69, 9.17) is 0 Å². The molecule has 1 atom stereocenters. The molecular weight excluding hydrogens is 258 g/mol. The van der Waals surface area contributed by atoms with Gasteiger partial charge in [-0.2, -0.15) is 0 Å². The quantitative estimate of drug-likeness (QED) is 0.913. The molecule has 1 aliphatic rings. The summed E-state index contributed by atoms with van der Waals surface area (Å²) in [7, 11) is 1.94. The monoisotopic (exact) mass is 276 g/mol. The van der Waals surface area contributed by atoms with E-state index in [1.165, 1.54) is 12.1 Å². The Kier molecular flexibility index (Phi) is 5.99. The number of hydrogen-bond acceptors (Lipinski definition) is 2. The van der Waals surface area contributed by atoms with E-state index < -0.39 is 0 Å². The number of nitrogens with zero attached hydrogens (tertiary/aromatic N) is 1. The van der Waals surface area contributed by atoms with Crippen LogP contribution in [0.3, 0.4) is 0 Å². The average Bonchev–Trinajstić information content (AvgIpc) is 2.34. The Bertz CT molecular complexity index is 387. The smallest absolute Gasteiger partial charge is 0.127 e. The van der Waals surface area contributed by atoms with Gasteiger partial charge in [-0.1, -0.05) is 0 Å². The van der Waals surface area contributed by atoms with Crippen molar-refractivity contribution in [3.05, 3.63) is 35.4 Å². The fourth-order valence-corrected chi connectivity index (χ4v) is 2.34. The maximum absolute atomic E-state index is 13.5. The van der Waals surface area contributed by atoms with Gasteiger partial charge in [-0.05, 0) is 44.6 Å². The lowest BCUT2D eigenvalue weighted by atomic mass is 10.0. The summed E-state index contributed by atoms with van der Waals surface area (Å²) in [6.07, 6.45) is 2.25. The Morgan fingerprint density at radius 2 is 2.17 bits per heavy atom. The molecule has 0 spiro atoms. The first kappa shape index (κ1) is 15.3. The summed E-state index contributed by atoms with van der Waals surface area (Å²) in [5, 5.41) is 3.24. The normalized spacial score (nSPS) is 20.5. The van der Waals surface area contributed by atoms with Crippen molar-refractivity contribution in [1.29, 1.82) is 0 Å². The lowest BCUT2D eigenvalue weighted by Crippen LogP contribution is -2.44. The van der Waals surface area contributed by atoms with Crippen LogP contribution in [0.1, 0.15) is 18.4 Å². The molecule has 1 aliphatic heterocycles. The molecule has 1 aromatic rings. The highest BCUT2D eigenvalue weighted by molar-refractivity contribution is 5.85. The molecule has 5 heteroatoms. The maximum Gasteiger partial charge on any atom is 0.127 e. The van der Waals surface area contributed by atoms with Crippen LogP contribution in [0, 0.1) is 11.6 Å². The third-order valence-electron chi connectivity index (χ3n) is 3.32. The van der Waals surface area contributed by atoms with E-state index in [2.05, 4.69) is 10.2 Å². The predicted molar refractivity (Wildman–Crippen MR) is 71.0 cm³/mol. The minimum Gasteiger partial charge on any atom is -0.316 e. The zero-order valence-corrected chi connectivity index (χ0v) is 11.3. The minimum absolute atomic E-state index is 0. The zero-order chi connectivity index (χ0) is 12.3. The third kappa shape index (κ3) is 3.90. The van der Waals surface area contributed by atoms with Crippen molar-refractivity contribution >= 4 is 12.4 Å². The molecule has 0 aliphatic carbocycles. The first-order valence-corrected chi connectivity index (χ1v) is 6.02. The predicted octanol–water partition coefficient (Wildman–Crippen LogP) is 2.57. The molecule has 1 unspecified atom stereocenters. The van der Waals surface area contributed by atoms with Gasteiger partial charge in [0.25, 0.3) is 0 Å². The van der Waals surface area contributed by atoms with Crippen LogP contribution in [0.15, 0.2) is 18.2 Å². The molecule has 0 radical (unpaired) electrons. The standard InChI is InChI=1S/C13H18F2N2.ClH/c1-16-12-3-2-6-17(9-12)8-10-7-11(14)4-5-13(10)15;/h4-5,7,12,16H,2-3,6,8-9H2,1H3;1H. The minimum atomic E-state index is -0.372. The van der Waals surface area contributed by atoms with Gasteiger partial charge < -0.3 is 5.32 Å². The Hall–Kier alpha value is -0.710. The van der Waals surface area contributed by atoms with Gasteiger partial charge in [0.15, 0.2) is 0 Å². The molecule has 1 N–H and O–H groups in total. The lowest BCUT2D eigenvalue weighted by Gasteiger charge is -2.32. The summed E-state index contributed by atoms with van der Waals surface area (Å²) in [4.78, 5) is 2.17. The van der Waals surface area contributed by atoms with Crippen LogP contribution < -0.4 is 5.32 Å². The summed E-state index contributed by atoms with van der Waals surface area (Å²) in [5.41, 5.74) is 0.446. The van der Waals surface area contributed by atoms with E-state index in [9.17, 15) is 8.78 Å². The van der Waals surface area contributed by atoms with Crippen molar-refractivity contribution in [1.82, 2.24) is 10.2 Å². The van der Waals surface area contributed by atoms with Crippen molar-refractivity contribution < 1.29 is 8.78 Å². The van der Waals surface area contributed by atoms with Crippen LogP contribution in [0.5, 0.6) is 0 Å². The molecule has 0 bridgehead atoms. The first-order valence-electron chi connectivity index (χ1n) is 6.02. The number of likely N-dealkylation sites (tertiary alicyclic amines) is 1. The van der Waals surface area contributed by atoms with Crippen LogP contribution >= 0.6 is 12.4 Å². The molecule has 1 heterocycles. The Morgan fingerprint density at radius 1 is 1.39 bits per heavy atom. The van der Waals surface area contributed by atoms with Crippen molar-refractivity contribution in [2.24, 2.45) is 0 Å². The summed E-state index contributed by atoms with van der Waals surface area (Å²) in [5.74, 6) is -0.693. The second kappa shape index (κ2) is 7.02. The molecule has 2 nitrogen and oxygen atoms in total. The van der Waals surface area contributed by atoms with Crippen molar-refractivity contribution in [2.75, 3.05) is 20.1 Å². The summed E-state index contributed by atoms with van der Waals surface area (Å²) in [6, 6.07) is 4.11. The van der Waals surface area contributed by atoms with E-state index in [1.54, 1.807) is 0 Å². The van der Waals surface area contributed by atoms with Gasteiger partial charge >= 0.3 is 0 Å². The van der Waals surface area contributed by atoms with E-state index >= 15 is 0 Å². The van der Waals surface area contributed by atoms with Gasteiger partial charge in [0.1, 0.15) is 11.6 Å². The molecule has 18 heavy (non-hydrogen) atoms. The van der Waals surface area contributed by atoms with Gasteiger partial charge in [-0.25, -0.2) is 8.78 Å². The fraction of sp³-hybridized carbons (Fsp3) is 0.538. The Labute approximate surface area is 113 Å². The molecule has 1 fully saturated rings. The second-order valence-electron chi connectivity index (χ2n) is 4.60. The molecule has 1 saturated heterocycles. The highest BCUT2D eigenvalue weighted by atomic mass is 35.5. The highest BCUT2D eigenvalue weighted by Crippen LogP contribution is 2.16. The molecule has 0 amide bonds. The van der Waals surface area contributed by atoms with Gasteiger partial charge in [0, 0.05) is 24.7 Å². The highest BCUT2D eigenvalue weighted by Gasteiger charge is 2.19. The second-order valence-corrected chi connectivity index (χ2v) is 4.60. The number of nitrogens with one attached hydrogen (secondary N) is 1. The molecular formula is C13H19ClF2N2. The number of benzene rings is 1. The fourth-order valence-electron chi connectivity index (χ4n) is 2.34. The number of hydrogen-bond donors (Lipinski definition) is 1. The summed E-state index contributed by atoms with van der Waals surface area (Å²) >= 11 is 0. The molecule has 1 aromatic carbocycles. The Morgan fingerprint density at radius 3 is 2.89 bits per heavy atom. The maximum atomic E-state index is 13.5. The van der Waals surface area contributed by atoms with E-state index in [0.29, 0.717) is 18.2 Å². The van der Waals surface area contributed by atoms with Crippen molar-refractivity contribution in [3.63, 3.8) is 0 Å². The Balaban J connectivity index is 0.00000162. The third-order valence-corrected chi connectivity index (χ3v) is 3.32. The number of rotatable bonds is 3. The van der Waals surface area contributed by atoms with Crippen molar-refractivity contribution in [2.45, 2.75) is 25.4 Å². The number of piperidine rings is 1. The van der Waals surface area contributed by atoms with Gasteiger partial charge in [0.05, 0.1) is 0 Å². The van der Waals surface area contributed by atoms with Gasteiger partial charge in [-0.3, -0.25) is 4.90 Å². The zero-order valence-electron chi connectivity index (χ0n) is 10.5. The molecule has 0 aromatic heterocycles. The van der Waals surface area contributed by atoms with E-state index in [0.717, 1.165) is 32.0 Å². The average molecular weight is 277 g/mol. The molecule has 102 valence electrons. The number of halogens is 3. The van der Waals surface area contributed by atoms with Gasteiger partial charge in [-0.15, -0.1) is 12.4 Å². The number of likely N-dealkylation sites (N-methyl/N-ethyl adjacent to an activating group) is 1. The molecule has 0 saturated carbocycles. The van der Waals surface area contributed by atoms with E-state index in [-0.39, 0.29) is 24.0 Å². The molecule has 2 rings (SSSR count). The van der Waals surface area contributed by atoms with E-state index in [1.807, 2.05) is 7.05 Å². The largest absolute Gasteiger partial charge is 0.316 e. The van der Waals surface area contributed by atoms with Gasteiger partial charge in [0.2, 0.25) is 0 Å². The van der Waals surface area contributed by atoms with Crippen molar-refractivity contribution in [3.8, 4) is 0 Å². The van der Waals surface area contributed by atoms with Crippen LogP contribution in [0.2, 0.25) is 0 Å². The van der Waals surface area contributed by atoms with Crippen LogP contribution in [0.25, 0.3) is 0 Å². The van der Waals surface area contributed by atoms with Crippen LogP contribution in [-0.4, -0.2) is 31.1 Å². The first-order chi connectivity index (χ1) is 8.19. The topological polar surface area (TPSA) is 15.3 Å². The van der Waals surface area contributed by atoms with Crippen LogP contribution in [0.4, 0.5) is 8.78 Å².